The maximum absolute atomic E-state index is 12.5. The van der Waals surface area contributed by atoms with Gasteiger partial charge in [0.15, 0.2) is 5.75 Å². The van der Waals surface area contributed by atoms with E-state index in [1.54, 1.807) is 6.07 Å². The fraction of sp³-hybridized carbons (Fsp3) is 0.538. The molecule has 2 rings (SSSR count). The van der Waals surface area contributed by atoms with E-state index >= 15 is 0 Å². The Bertz CT molecular complexity index is 480. The Labute approximate surface area is 130 Å². The molecule has 1 heterocycles. The van der Waals surface area contributed by atoms with Crippen LogP contribution in [0.5, 0.6) is 5.75 Å². The molecule has 2 unspecified atom stereocenters. The van der Waals surface area contributed by atoms with E-state index in [2.05, 4.69) is 37.8 Å². The number of likely N-dealkylation sites (N-methyl/N-ethyl adjacent to an activating group) is 1. The number of alkyl halides is 2. The Kier molecular flexibility index (Phi) is 5.09. The summed E-state index contributed by atoms with van der Waals surface area (Å²) in [5.74, 6) is 0.0895. The maximum Gasteiger partial charge on any atom is 0.387 e. The monoisotopic (exact) mass is 368 g/mol. The first-order chi connectivity index (χ1) is 9.36. The van der Waals surface area contributed by atoms with Crippen molar-refractivity contribution in [3.8, 4) is 5.75 Å². The van der Waals surface area contributed by atoms with Crippen molar-refractivity contribution < 1.29 is 13.5 Å². The lowest BCUT2D eigenvalue weighted by atomic mass is 10.2. The van der Waals surface area contributed by atoms with Crippen LogP contribution in [-0.4, -0.2) is 37.2 Å². The van der Waals surface area contributed by atoms with Crippen molar-refractivity contribution in [3.05, 3.63) is 21.6 Å². The van der Waals surface area contributed by atoms with E-state index in [-0.39, 0.29) is 11.8 Å². The van der Waals surface area contributed by atoms with Crippen LogP contribution in [0.25, 0.3) is 0 Å². The minimum Gasteiger partial charge on any atom is -0.431 e. The lowest BCUT2D eigenvalue weighted by Gasteiger charge is -2.19. The summed E-state index contributed by atoms with van der Waals surface area (Å²) in [5, 5.41) is 3.70. The van der Waals surface area contributed by atoms with Crippen LogP contribution in [0.1, 0.15) is 13.3 Å². The first-order valence-electron chi connectivity index (χ1n) is 6.27. The predicted molar refractivity (Wildman–Crippen MR) is 79.9 cm³/mol. The molecule has 0 radical (unpaired) electrons. The Hall–Kier alpha value is -0.590. The van der Waals surface area contributed by atoms with Crippen LogP contribution in [0.3, 0.4) is 0 Å². The zero-order valence-corrected chi connectivity index (χ0v) is 13.5. The molecule has 0 spiro atoms. The predicted octanol–water partition coefficient (Wildman–Crippen LogP) is 4.21. The van der Waals surface area contributed by atoms with E-state index < -0.39 is 6.61 Å². The van der Waals surface area contributed by atoms with Crippen LogP contribution in [0.4, 0.5) is 14.5 Å². The van der Waals surface area contributed by atoms with Gasteiger partial charge in [0.1, 0.15) is 0 Å². The highest BCUT2D eigenvalue weighted by molar-refractivity contribution is 9.10. The summed E-state index contributed by atoms with van der Waals surface area (Å²) in [5.41, 5.74) is 0.483. The van der Waals surface area contributed by atoms with Gasteiger partial charge in [0.05, 0.1) is 10.2 Å². The summed E-state index contributed by atoms with van der Waals surface area (Å²) in [6, 6.07) is 3.77. The van der Waals surface area contributed by atoms with Gasteiger partial charge in [-0.25, -0.2) is 0 Å². The summed E-state index contributed by atoms with van der Waals surface area (Å²) in [4.78, 5) is 2.21. The minimum absolute atomic E-state index is 0.0895. The van der Waals surface area contributed by atoms with E-state index in [1.807, 2.05) is 7.05 Å². The third kappa shape index (κ3) is 3.74. The van der Waals surface area contributed by atoms with Crippen molar-refractivity contribution in [2.24, 2.45) is 0 Å². The van der Waals surface area contributed by atoms with Gasteiger partial charge in [-0.2, -0.15) is 8.78 Å². The van der Waals surface area contributed by atoms with Gasteiger partial charge in [0, 0.05) is 23.7 Å². The maximum atomic E-state index is 12.5. The number of likely N-dealkylation sites (tertiary alicyclic amines) is 1. The topological polar surface area (TPSA) is 24.5 Å². The van der Waals surface area contributed by atoms with Crippen molar-refractivity contribution in [2.75, 3.05) is 18.9 Å². The van der Waals surface area contributed by atoms with Gasteiger partial charge in [-0.1, -0.05) is 11.6 Å². The van der Waals surface area contributed by atoms with E-state index in [1.165, 1.54) is 6.07 Å². The second kappa shape index (κ2) is 6.45. The number of anilines is 1. The number of hydrogen-bond donors (Lipinski definition) is 1. The quantitative estimate of drug-likeness (QED) is 0.860. The lowest BCUT2D eigenvalue weighted by molar-refractivity contribution is -0.0498. The summed E-state index contributed by atoms with van der Waals surface area (Å²) in [7, 11) is 2.04. The van der Waals surface area contributed by atoms with Crippen molar-refractivity contribution in [1.29, 1.82) is 0 Å². The first-order valence-corrected chi connectivity index (χ1v) is 7.44. The molecule has 1 saturated heterocycles. The SMILES string of the molecule is CC1CC(Nc2cc(Cl)cc(Br)c2OC(F)F)CN1C. The van der Waals surface area contributed by atoms with Crippen LogP contribution in [-0.2, 0) is 0 Å². The molecule has 112 valence electrons. The van der Waals surface area contributed by atoms with Gasteiger partial charge >= 0.3 is 6.61 Å². The third-order valence-corrected chi connectivity index (χ3v) is 4.27. The normalized spacial score (nSPS) is 23.4. The van der Waals surface area contributed by atoms with Gasteiger partial charge in [-0.15, -0.1) is 0 Å². The molecule has 0 amide bonds. The molecular weight excluding hydrogens is 354 g/mol. The first kappa shape index (κ1) is 15.8. The number of benzene rings is 1. The highest BCUT2D eigenvalue weighted by Gasteiger charge is 2.27. The van der Waals surface area contributed by atoms with E-state index in [9.17, 15) is 8.78 Å². The molecule has 0 aliphatic carbocycles. The lowest BCUT2D eigenvalue weighted by Crippen LogP contribution is -2.25. The van der Waals surface area contributed by atoms with Gasteiger partial charge in [-0.05, 0) is 48.5 Å². The summed E-state index contributed by atoms with van der Waals surface area (Å²) in [6.07, 6.45) is 0.939. The van der Waals surface area contributed by atoms with Crippen molar-refractivity contribution >= 4 is 33.2 Å². The fourth-order valence-corrected chi connectivity index (χ4v) is 3.30. The second-order valence-corrected chi connectivity index (χ2v) is 6.30. The number of halogens is 4. The second-order valence-electron chi connectivity index (χ2n) is 5.01. The van der Waals surface area contributed by atoms with Crippen LogP contribution >= 0.6 is 27.5 Å². The molecule has 0 bridgehead atoms. The molecular formula is C13H16BrClF2N2O. The molecule has 1 aliphatic rings. The molecule has 1 aromatic rings. The smallest absolute Gasteiger partial charge is 0.387 e. The van der Waals surface area contributed by atoms with Crippen LogP contribution in [0, 0.1) is 0 Å². The minimum atomic E-state index is -2.88. The molecule has 1 fully saturated rings. The standard InChI is InChI=1S/C13H16BrClF2N2O/c1-7-3-9(6-19(7)2)18-11-5-8(15)4-10(14)12(11)20-13(16)17/h4-5,7,9,13,18H,3,6H2,1-2H3. The summed E-state index contributed by atoms with van der Waals surface area (Å²) in [6.45, 7) is 0.101. The zero-order chi connectivity index (χ0) is 14.9. The average Bonchev–Trinajstić information content (AvgIpc) is 2.62. The van der Waals surface area contributed by atoms with Gasteiger partial charge in [-0.3, -0.25) is 0 Å². The number of ether oxygens (including phenoxy) is 1. The van der Waals surface area contributed by atoms with E-state index in [0.29, 0.717) is 21.2 Å². The fourth-order valence-electron chi connectivity index (χ4n) is 2.39. The Morgan fingerprint density at radius 2 is 2.20 bits per heavy atom. The number of rotatable bonds is 4. The number of hydrogen-bond acceptors (Lipinski definition) is 3. The van der Waals surface area contributed by atoms with E-state index in [0.717, 1.165) is 13.0 Å². The molecule has 7 heteroatoms. The highest BCUT2D eigenvalue weighted by Crippen LogP contribution is 2.38. The highest BCUT2D eigenvalue weighted by atomic mass is 79.9. The average molecular weight is 370 g/mol. The van der Waals surface area contributed by atoms with Gasteiger partial charge in [0.25, 0.3) is 0 Å². The van der Waals surface area contributed by atoms with Gasteiger partial charge < -0.3 is 15.0 Å². The Morgan fingerprint density at radius 3 is 2.75 bits per heavy atom. The summed E-state index contributed by atoms with van der Waals surface area (Å²) < 4.78 is 30.0. The molecule has 2 atom stereocenters. The molecule has 3 nitrogen and oxygen atoms in total. The number of nitrogens with one attached hydrogen (secondary N) is 1. The number of nitrogens with zero attached hydrogens (tertiary/aromatic N) is 1. The molecule has 1 aromatic carbocycles. The summed E-state index contributed by atoms with van der Waals surface area (Å²) >= 11 is 9.18. The van der Waals surface area contributed by atoms with Crippen LogP contribution in [0.2, 0.25) is 5.02 Å². The van der Waals surface area contributed by atoms with Crippen LogP contribution in [0.15, 0.2) is 16.6 Å². The third-order valence-electron chi connectivity index (χ3n) is 3.46. The van der Waals surface area contributed by atoms with Gasteiger partial charge in [0.2, 0.25) is 0 Å². The zero-order valence-electron chi connectivity index (χ0n) is 11.2. The van der Waals surface area contributed by atoms with E-state index in [4.69, 9.17) is 11.6 Å². The molecule has 1 N–H and O–H groups in total. The molecule has 1 aliphatic heterocycles. The van der Waals surface area contributed by atoms with Crippen molar-refractivity contribution in [1.82, 2.24) is 4.90 Å². The Morgan fingerprint density at radius 1 is 1.50 bits per heavy atom. The Balaban J connectivity index is 2.21. The molecule has 0 saturated carbocycles. The van der Waals surface area contributed by atoms with Crippen LogP contribution < -0.4 is 10.1 Å². The van der Waals surface area contributed by atoms with Crippen molar-refractivity contribution in [3.63, 3.8) is 0 Å². The molecule has 20 heavy (non-hydrogen) atoms. The van der Waals surface area contributed by atoms with Crippen molar-refractivity contribution in [2.45, 2.75) is 32.0 Å². The molecule has 0 aromatic heterocycles. The largest absolute Gasteiger partial charge is 0.431 e.